The highest BCUT2D eigenvalue weighted by atomic mass is 35.5. The lowest BCUT2D eigenvalue weighted by atomic mass is 10.2. The second-order valence-electron chi connectivity index (χ2n) is 4.22. The van der Waals surface area contributed by atoms with E-state index in [1.165, 1.54) is 0 Å². The average Bonchev–Trinajstić information content (AvgIpc) is 2.38. The van der Waals surface area contributed by atoms with Crippen molar-refractivity contribution in [2.75, 3.05) is 29.9 Å². The summed E-state index contributed by atoms with van der Waals surface area (Å²) < 4.78 is 0. The monoisotopic (exact) mass is 287 g/mol. The fraction of sp³-hybridized carbons (Fsp3) is 0.750. The Hall–Kier alpha value is -1.14. The van der Waals surface area contributed by atoms with Gasteiger partial charge in [0.25, 0.3) is 0 Å². The van der Waals surface area contributed by atoms with Crippen LogP contribution in [0.5, 0.6) is 0 Å². The molecule has 0 saturated heterocycles. The quantitative estimate of drug-likeness (QED) is 0.761. The van der Waals surface area contributed by atoms with E-state index in [4.69, 9.17) is 11.6 Å². The molecule has 0 saturated carbocycles. The molecule has 1 rings (SSSR count). The summed E-state index contributed by atoms with van der Waals surface area (Å²) in [5.74, 6) is 0.953. The third-order valence-electron chi connectivity index (χ3n) is 2.76. The lowest BCUT2D eigenvalue weighted by Crippen LogP contribution is -2.26. The lowest BCUT2D eigenvalue weighted by Gasteiger charge is -2.19. The Bertz CT molecular complexity index is 386. The zero-order chi connectivity index (χ0) is 14.3. The maximum Gasteiger partial charge on any atom is 0.231 e. The van der Waals surface area contributed by atoms with Gasteiger partial charge < -0.3 is 15.3 Å². The second-order valence-corrected chi connectivity index (χ2v) is 4.56. The standard InChI is InChI=1S/C12H22ClN5O/c1-4-7-9(19)8-14-11-15-10(13)16-12(17-11)18(5-2)6-3/h9,19H,4-8H2,1-3H3,(H,14,15,16,17). The average molecular weight is 288 g/mol. The van der Waals surface area contributed by atoms with Gasteiger partial charge in [-0.25, -0.2) is 0 Å². The van der Waals surface area contributed by atoms with Gasteiger partial charge in [-0.1, -0.05) is 13.3 Å². The van der Waals surface area contributed by atoms with E-state index in [9.17, 15) is 5.11 Å². The molecular formula is C12H22ClN5O. The summed E-state index contributed by atoms with van der Waals surface area (Å²) >= 11 is 5.89. The van der Waals surface area contributed by atoms with Gasteiger partial charge in [-0.15, -0.1) is 0 Å². The summed E-state index contributed by atoms with van der Waals surface area (Å²) in [4.78, 5) is 14.4. The van der Waals surface area contributed by atoms with Crippen LogP contribution in [0.25, 0.3) is 0 Å². The molecule has 0 aliphatic heterocycles. The molecule has 0 aromatic carbocycles. The van der Waals surface area contributed by atoms with Crippen LogP contribution in [-0.2, 0) is 0 Å². The first-order chi connectivity index (χ1) is 9.10. The van der Waals surface area contributed by atoms with Crippen LogP contribution in [0, 0.1) is 0 Å². The summed E-state index contributed by atoms with van der Waals surface area (Å²) in [7, 11) is 0. The van der Waals surface area contributed by atoms with E-state index in [0.717, 1.165) is 25.9 Å². The highest BCUT2D eigenvalue weighted by Gasteiger charge is 2.11. The Morgan fingerprint density at radius 2 is 1.89 bits per heavy atom. The van der Waals surface area contributed by atoms with Crippen LogP contribution in [0.1, 0.15) is 33.6 Å². The Kier molecular flexibility index (Phi) is 6.80. The van der Waals surface area contributed by atoms with Gasteiger partial charge in [0.1, 0.15) is 0 Å². The second kappa shape index (κ2) is 8.12. The molecule has 0 aliphatic rings. The third-order valence-corrected chi connectivity index (χ3v) is 2.93. The summed E-state index contributed by atoms with van der Waals surface area (Å²) in [6.45, 7) is 8.09. The number of aromatic nitrogens is 3. The summed E-state index contributed by atoms with van der Waals surface area (Å²) in [5, 5.41) is 12.8. The molecule has 1 aromatic rings. The predicted octanol–water partition coefficient (Wildman–Crippen LogP) is 1.94. The molecule has 0 aliphatic carbocycles. The molecule has 1 atom stereocenters. The minimum absolute atomic E-state index is 0.157. The molecule has 7 heteroatoms. The van der Waals surface area contributed by atoms with Crippen molar-refractivity contribution in [3.63, 3.8) is 0 Å². The van der Waals surface area contributed by atoms with E-state index in [1.54, 1.807) is 0 Å². The number of anilines is 2. The smallest absolute Gasteiger partial charge is 0.231 e. The zero-order valence-corrected chi connectivity index (χ0v) is 12.5. The largest absolute Gasteiger partial charge is 0.391 e. The van der Waals surface area contributed by atoms with Crippen LogP contribution in [0.4, 0.5) is 11.9 Å². The van der Waals surface area contributed by atoms with Gasteiger partial charge in [0, 0.05) is 19.6 Å². The normalized spacial score (nSPS) is 12.3. The van der Waals surface area contributed by atoms with Gasteiger partial charge in [0.05, 0.1) is 6.10 Å². The van der Waals surface area contributed by atoms with Gasteiger partial charge in [-0.3, -0.25) is 0 Å². The number of nitrogens with one attached hydrogen (secondary N) is 1. The van der Waals surface area contributed by atoms with E-state index >= 15 is 0 Å². The minimum Gasteiger partial charge on any atom is -0.391 e. The van der Waals surface area contributed by atoms with Crippen LogP contribution >= 0.6 is 11.6 Å². The summed E-state index contributed by atoms with van der Waals surface area (Å²) in [5.41, 5.74) is 0. The Morgan fingerprint density at radius 3 is 2.47 bits per heavy atom. The number of aliphatic hydroxyl groups is 1. The van der Waals surface area contributed by atoms with Crippen molar-refractivity contribution in [3.8, 4) is 0 Å². The summed E-state index contributed by atoms with van der Waals surface area (Å²) in [6, 6.07) is 0. The highest BCUT2D eigenvalue weighted by molar-refractivity contribution is 6.28. The maximum atomic E-state index is 9.67. The molecule has 2 N–H and O–H groups in total. The topological polar surface area (TPSA) is 74.2 Å². The van der Waals surface area contributed by atoms with Crippen molar-refractivity contribution < 1.29 is 5.11 Å². The Morgan fingerprint density at radius 1 is 1.21 bits per heavy atom. The highest BCUT2D eigenvalue weighted by Crippen LogP contribution is 2.13. The van der Waals surface area contributed by atoms with E-state index in [-0.39, 0.29) is 5.28 Å². The fourth-order valence-corrected chi connectivity index (χ4v) is 1.87. The van der Waals surface area contributed by atoms with Crippen LogP contribution in [0.15, 0.2) is 0 Å². The molecule has 1 unspecified atom stereocenters. The fourth-order valence-electron chi connectivity index (χ4n) is 1.71. The molecule has 0 radical (unpaired) electrons. The van der Waals surface area contributed by atoms with E-state index in [0.29, 0.717) is 18.4 Å². The van der Waals surface area contributed by atoms with Crippen molar-refractivity contribution >= 4 is 23.5 Å². The van der Waals surface area contributed by atoms with E-state index in [1.807, 2.05) is 25.7 Å². The molecule has 1 heterocycles. The molecule has 0 bridgehead atoms. The number of hydrogen-bond acceptors (Lipinski definition) is 6. The lowest BCUT2D eigenvalue weighted by molar-refractivity contribution is 0.176. The molecule has 0 amide bonds. The maximum absolute atomic E-state index is 9.67. The third kappa shape index (κ3) is 5.16. The minimum atomic E-state index is -0.405. The number of aliphatic hydroxyl groups excluding tert-OH is 1. The van der Waals surface area contributed by atoms with E-state index < -0.39 is 6.10 Å². The predicted molar refractivity (Wildman–Crippen MR) is 77.8 cm³/mol. The number of nitrogens with zero attached hydrogens (tertiary/aromatic N) is 4. The number of hydrogen-bond donors (Lipinski definition) is 2. The van der Waals surface area contributed by atoms with Crippen LogP contribution in [0.3, 0.4) is 0 Å². The van der Waals surface area contributed by atoms with Crippen LogP contribution < -0.4 is 10.2 Å². The molecule has 19 heavy (non-hydrogen) atoms. The van der Waals surface area contributed by atoms with Crippen molar-refractivity contribution in [1.29, 1.82) is 0 Å². The SMILES string of the molecule is CCCC(O)CNc1nc(Cl)nc(N(CC)CC)n1. The van der Waals surface area contributed by atoms with Gasteiger partial charge in [-0.05, 0) is 31.9 Å². The first kappa shape index (κ1) is 15.9. The first-order valence-corrected chi connectivity index (χ1v) is 7.06. The van der Waals surface area contributed by atoms with Crippen molar-refractivity contribution in [3.05, 3.63) is 5.28 Å². The molecule has 0 fully saturated rings. The van der Waals surface area contributed by atoms with Gasteiger partial charge >= 0.3 is 0 Å². The van der Waals surface area contributed by atoms with Crippen molar-refractivity contribution in [2.45, 2.75) is 39.7 Å². The molecular weight excluding hydrogens is 266 g/mol. The molecule has 1 aromatic heterocycles. The van der Waals surface area contributed by atoms with Gasteiger partial charge in [0.15, 0.2) is 0 Å². The Balaban J connectivity index is 2.73. The van der Waals surface area contributed by atoms with Crippen molar-refractivity contribution in [2.24, 2.45) is 0 Å². The van der Waals surface area contributed by atoms with E-state index in [2.05, 4.69) is 20.3 Å². The molecule has 6 nitrogen and oxygen atoms in total. The Labute approximate surface area is 119 Å². The van der Waals surface area contributed by atoms with Crippen LogP contribution in [-0.4, -0.2) is 45.8 Å². The van der Waals surface area contributed by atoms with Gasteiger partial charge in [-0.2, -0.15) is 15.0 Å². The molecule has 108 valence electrons. The number of halogens is 1. The van der Waals surface area contributed by atoms with Gasteiger partial charge in [0.2, 0.25) is 17.2 Å². The van der Waals surface area contributed by atoms with Crippen LogP contribution in [0.2, 0.25) is 5.28 Å². The molecule has 0 spiro atoms. The zero-order valence-electron chi connectivity index (χ0n) is 11.7. The number of rotatable bonds is 8. The van der Waals surface area contributed by atoms with Crippen molar-refractivity contribution in [1.82, 2.24) is 15.0 Å². The summed E-state index contributed by atoms with van der Waals surface area (Å²) in [6.07, 6.45) is 1.28. The first-order valence-electron chi connectivity index (χ1n) is 6.69.